The molecule has 2 atom stereocenters. The van der Waals surface area contributed by atoms with Gasteiger partial charge in [-0.1, -0.05) is 43.3 Å². The number of carbonyl (C=O) groups excluding carboxylic acids is 2. The van der Waals surface area contributed by atoms with Crippen LogP contribution in [-0.2, 0) is 33.6 Å². The van der Waals surface area contributed by atoms with E-state index in [4.69, 9.17) is 10.5 Å². The van der Waals surface area contributed by atoms with Crippen molar-refractivity contribution in [2.45, 2.75) is 38.3 Å². The number of nitrogens with two attached hydrogens (primary N) is 1. The van der Waals surface area contributed by atoms with Gasteiger partial charge in [0.1, 0.15) is 6.04 Å². The van der Waals surface area contributed by atoms with Crippen LogP contribution in [0.1, 0.15) is 23.9 Å². The molecule has 1 aromatic heterocycles. The summed E-state index contributed by atoms with van der Waals surface area (Å²) in [5.74, 6) is -0.912. The van der Waals surface area contributed by atoms with Gasteiger partial charge in [-0.3, -0.25) is 9.78 Å². The lowest BCUT2D eigenvalue weighted by Crippen LogP contribution is -2.50. The number of nitrogens with zero attached hydrogens (tertiary/aromatic N) is 1. The number of methoxy groups -OCH3 is 1. The number of hydrogen-bond donors (Lipinski definition) is 2. The van der Waals surface area contributed by atoms with Gasteiger partial charge in [0.2, 0.25) is 5.91 Å². The third-order valence-electron chi connectivity index (χ3n) is 4.08. The molecule has 0 unspecified atom stereocenters. The Hall–Kier alpha value is -2.73. The molecule has 0 radical (unpaired) electrons. The van der Waals surface area contributed by atoms with E-state index in [2.05, 4.69) is 10.3 Å². The molecule has 0 saturated heterocycles. The van der Waals surface area contributed by atoms with Gasteiger partial charge in [-0.15, -0.1) is 0 Å². The van der Waals surface area contributed by atoms with E-state index in [-0.39, 0.29) is 6.42 Å². The van der Waals surface area contributed by atoms with Gasteiger partial charge in [-0.05, 0) is 30.5 Å². The normalized spacial score (nSPS) is 12.9. The van der Waals surface area contributed by atoms with Crippen LogP contribution in [0.25, 0.3) is 0 Å². The van der Waals surface area contributed by atoms with Crippen molar-refractivity contribution in [3.8, 4) is 0 Å². The third kappa shape index (κ3) is 5.67. The lowest BCUT2D eigenvalue weighted by atomic mass is 10.0. The zero-order valence-electron chi connectivity index (χ0n) is 15.1. The molecule has 1 heterocycles. The molecule has 0 fully saturated rings. The highest BCUT2D eigenvalue weighted by Crippen LogP contribution is 2.07. The summed E-state index contributed by atoms with van der Waals surface area (Å²) in [5.41, 5.74) is 8.61. The second-order valence-corrected chi connectivity index (χ2v) is 6.06. The highest BCUT2D eigenvalue weighted by Gasteiger charge is 2.25. The summed E-state index contributed by atoms with van der Waals surface area (Å²) < 4.78 is 4.82. The zero-order chi connectivity index (χ0) is 18.9. The molecular weight excluding hydrogens is 330 g/mol. The van der Waals surface area contributed by atoms with Crippen LogP contribution >= 0.6 is 0 Å². The number of hydrogen-bond acceptors (Lipinski definition) is 5. The van der Waals surface area contributed by atoms with Gasteiger partial charge in [-0.25, -0.2) is 4.79 Å². The average molecular weight is 355 g/mol. The van der Waals surface area contributed by atoms with Gasteiger partial charge < -0.3 is 15.8 Å². The van der Waals surface area contributed by atoms with E-state index in [1.165, 1.54) is 7.11 Å². The number of carbonyl (C=O) groups is 2. The lowest BCUT2D eigenvalue weighted by Gasteiger charge is -2.19. The minimum absolute atomic E-state index is 0.254. The fraction of sp³-hybridized carbons (Fsp3) is 0.350. The summed E-state index contributed by atoms with van der Waals surface area (Å²) in [6.07, 6.45) is 1.44. The second-order valence-electron chi connectivity index (χ2n) is 6.06. The van der Waals surface area contributed by atoms with E-state index < -0.39 is 24.0 Å². The summed E-state index contributed by atoms with van der Waals surface area (Å²) in [6.45, 7) is 2.01. The first kappa shape index (κ1) is 19.6. The fourth-order valence-corrected chi connectivity index (χ4v) is 2.62. The van der Waals surface area contributed by atoms with E-state index >= 15 is 0 Å². The van der Waals surface area contributed by atoms with E-state index in [0.29, 0.717) is 6.42 Å². The van der Waals surface area contributed by atoms with Crippen molar-refractivity contribution in [2.24, 2.45) is 5.73 Å². The first-order valence-electron chi connectivity index (χ1n) is 8.66. The topological polar surface area (TPSA) is 94.3 Å². The Kier molecular flexibility index (Phi) is 7.29. The Balaban J connectivity index is 2.04. The standard InChI is InChI=1S/C20H25N3O3/c1-3-15-10-7-11-16(22-15)13-18(20(25)26-2)23-19(24)17(21)12-14-8-5-4-6-9-14/h4-11,17-18H,3,12-13,21H2,1-2H3,(H,23,24)/t17-,18+/m1/s1. The molecule has 2 aromatic rings. The van der Waals surface area contributed by atoms with Gasteiger partial charge in [0, 0.05) is 17.8 Å². The SMILES string of the molecule is CCc1cccc(C[C@H](NC(=O)[C@H](N)Cc2ccccc2)C(=O)OC)n1. The van der Waals surface area contributed by atoms with E-state index in [0.717, 1.165) is 23.4 Å². The van der Waals surface area contributed by atoms with Gasteiger partial charge in [0.25, 0.3) is 0 Å². The predicted molar refractivity (Wildman–Crippen MR) is 99.4 cm³/mol. The first-order chi connectivity index (χ1) is 12.5. The van der Waals surface area contributed by atoms with E-state index in [1.807, 2.05) is 55.5 Å². The molecule has 138 valence electrons. The van der Waals surface area contributed by atoms with Gasteiger partial charge in [-0.2, -0.15) is 0 Å². The van der Waals surface area contributed by atoms with Gasteiger partial charge in [0.15, 0.2) is 0 Å². The molecule has 0 aliphatic rings. The van der Waals surface area contributed by atoms with Crippen molar-refractivity contribution in [2.75, 3.05) is 7.11 Å². The summed E-state index contributed by atoms with van der Waals surface area (Å²) in [4.78, 5) is 29.0. The van der Waals surface area contributed by atoms with Crippen molar-refractivity contribution >= 4 is 11.9 Å². The highest BCUT2D eigenvalue weighted by atomic mass is 16.5. The highest BCUT2D eigenvalue weighted by molar-refractivity contribution is 5.87. The molecule has 0 saturated carbocycles. The van der Waals surface area contributed by atoms with Crippen molar-refractivity contribution in [3.05, 3.63) is 65.5 Å². The monoisotopic (exact) mass is 355 g/mol. The Morgan fingerprint density at radius 1 is 1.08 bits per heavy atom. The molecule has 0 aliphatic heterocycles. The molecule has 0 spiro atoms. The number of ether oxygens (including phenoxy) is 1. The van der Waals surface area contributed by atoms with Crippen molar-refractivity contribution in [3.63, 3.8) is 0 Å². The first-order valence-corrected chi connectivity index (χ1v) is 8.66. The van der Waals surface area contributed by atoms with Crippen LogP contribution in [0.3, 0.4) is 0 Å². The van der Waals surface area contributed by atoms with Crippen LogP contribution < -0.4 is 11.1 Å². The lowest BCUT2D eigenvalue weighted by molar-refractivity contribution is -0.145. The zero-order valence-corrected chi connectivity index (χ0v) is 15.1. The van der Waals surface area contributed by atoms with Crippen LogP contribution in [0.15, 0.2) is 48.5 Å². The minimum atomic E-state index is -0.825. The number of pyridine rings is 1. The molecular formula is C20H25N3O3. The molecule has 6 nitrogen and oxygen atoms in total. The summed E-state index contributed by atoms with van der Waals surface area (Å²) in [6, 6.07) is 13.6. The Morgan fingerprint density at radius 2 is 1.77 bits per heavy atom. The summed E-state index contributed by atoms with van der Waals surface area (Å²) >= 11 is 0. The van der Waals surface area contributed by atoms with Crippen LogP contribution in [0.5, 0.6) is 0 Å². The maximum absolute atomic E-state index is 12.4. The Morgan fingerprint density at radius 3 is 2.42 bits per heavy atom. The Bertz CT molecular complexity index is 734. The number of esters is 1. The molecule has 0 aliphatic carbocycles. The molecule has 3 N–H and O–H groups in total. The van der Waals surface area contributed by atoms with Crippen LogP contribution in [-0.4, -0.2) is 36.1 Å². The number of benzene rings is 1. The number of rotatable bonds is 8. The number of nitrogens with one attached hydrogen (secondary N) is 1. The van der Waals surface area contributed by atoms with Gasteiger partial charge >= 0.3 is 5.97 Å². The average Bonchev–Trinajstić information content (AvgIpc) is 2.67. The quantitative estimate of drug-likeness (QED) is 0.698. The molecule has 1 amide bonds. The predicted octanol–water partition coefficient (Wildman–Crippen LogP) is 1.41. The van der Waals surface area contributed by atoms with Crippen LogP contribution in [0.2, 0.25) is 0 Å². The molecule has 6 heteroatoms. The molecule has 2 rings (SSSR count). The minimum Gasteiger partial charge on any atom is -0.467 e. The van der Waals surface area contributed by atoms with E-state index in [1.54, 1.807) is 0 Å². The second kappa shape index (κ2) is 9.68. The maximum Gasteiger partial charge on any atom is 0.328 e. The number of aromatic nitrogens is 1. The molecule has 26 heavy (non-hydrogen) atoms. The third-order valence-corrected chi connectivity index (χ3v) is 4.08. The number of amides is 1. The molecule has 1 aromatic carbocycles. The summed E-state index contributed by atoms with van der Waals surface area (Å²) in [7, 11) is 1.29. The smallest absolute Gasteiger partial charge is 0.328 e. The molecule has 0 bridgehead atoms. The fourth-order valence-electron chi connectivity index (χ4n) is 2.62. The number of aryl methyl sites for hydroxylation is 1. The largest absolute Gasteiger partial charge is 0.467 e. The maximum atomic E-state index is 12.4. The van der Waals surface area contributed by atoms with Crippen LogP contribution in [0, 0.1) is 0 Å². The van der Waals surface area contributed by atoms with Gasteiger partial charge in [0.05, 0.1) is 13.2 Å². The van der Waals surface area contributed by atoms with E-state index in [9.17, 15) is 9.59 Å². The Labute approximate surface area is 153 Å². The van der Waals surface area contributed by atoms with Crippen molar-refractivity contribution in [1.29, 1.82) is 0 Å². The van der Waals surface area contributed by atoms with Crippen molar-refractivity contribution < 1.29 is 14.3 Å². The summed E-state index contributed by atoms with van der Waals surface area (Å²) in [5, 5.41) is 2.70. The van der Waals surface area contributed by atoms with Crippen molar-refractivity contribution in [1.82, 2.24) is 10.3 Å². The van der Waals surface area contributed by atoms with Crippen LogP contribution in [0.4, 0.5) is 0 Å².